The van der Waals surface area contributed by atoms with Gasteiger partial charge in [0.05, 0.1) is 11.7 Å². The van der Waals surface area contributed by atoms with Gasteiger partial charge in [-0.2, -0.15) is 0 Å². The second-order valence-corrected chi connectivity index (χ2v) is 4.40. The number of ether oxygens (including phenoxy) is 1. The van der Waals surface area contributed by atoms with Gasteiger partial charge in [-0.3, -0.25) is 0 Å². The largest absolute Gasteiger partial charge is 0.385 e. The number of hydrogen-bond donors (Lipinski definition) is 1. The number of rotatable bonds is 3. The fourth-order valence-corrected chi connectivity index (χ4v) is 2.42. The third-order valence-electron chi connectivity index (χ3n) is 2.91. The SMILES string of the molecule is CCOC1CC(O)(c2ccccc2Cl)C1. The Morgan fingerprint density at radius 3 is 2.73 bits per heavy atom. The fourth-order valence-electron chi connectivity index (χ4n) is 2.11. The molecule has 0 unspecified atom stereocenters. The molecule has 1 aliphatic rings. The molecule has 1 aliphatic carbocycles. The van der Waals surface area contributed by atoms with Crippen LogP contribution in [0.5, 0.6) is 0 Å². The topological polar surface area (TPSA) is 29.5 Å². The maximum atomic E-state index is 10.3. The normalized spacial score (nSPS) is 29.9. The lowest BCUT2D eigenvalue weighted by Crippen LogP contribution is -2.46. The Hall–Kier alpha value is -0.570. The molecule has 1 aromatic carbocycles. The van der Waals surface area contributed by atoms with E-state index in [9.17, 15) is 5.11 Å². The van der Waals surface area contributed by atoms with Crippen molar-refractivity contribution in [1.29, 1.82) is 0 Å². The average molecular weight is 227 g/mol. The van der Waals surface area contributed by atoms with E-state index in [-0.39, 0.29) is 6.10 Å². The van der Waals surface area contributed by atoms with Crippen LogP contribution in [-0.4, -0.2) is 17.8 Å². The Morgan fingerprint density at radius 2 is 2.13 bits per heavy atom. The Bertz CT molecular complexity index is 345. The van der Waals surface area contributed by atoms with Crippen LogP contribution in [0, 0.1) is 0 Å². The highest BCUT2D eigenvalue weighted by atomic mass is 35.5. The van der Waals surface area contributed by atoms with Crippen LogP contribution < -0.4 is 0 Å². The van der Waals surface area contributed by atoms with Crippen molar-refractivity contribution in [2.45, 2.75) is 31.5 Å². The first kappa shape index (κ1) is 10.9. The van der Waals surface area contributed by atoms with Crippen LogP contribution in [0.2, 0.25) is 5.02 Å². The first-order valence-electron chi connectivity index (χ1n) is 5.25. The molecule has 82 valence electrons. The summed E-state index contributed by atoms with van der Waals surface area (Å²) >= 11 is 6.05. The molecule has 0 heterocycles. The van der Waals surface area contributed by atoms with Crippen molar-refractivity contribution >= 4 is 11.6 Å². The standard InChI is InChI=1S/C12H15ClO2/c1-2-15-9-7-12(14,8-9)10-5-3-4-6-11(10)13/h3-6,9,14H,2,7-8H2,1H3. The van der Waals surface area contributed by atoms with Crippen LogP contribution in [-0.2, 0) is 10.3 Å². The summed E-state index contributed by atoms with van der Waals surface area (Å²) in [4.78, 5) is 0. The number of hydrogen-bond acceptors (Lipinski definition) is 2. The van der Waals surface area contributed by atoms with Crippen LogP contribution in [0.25, 0.3) is 0 Å². The number of benzene rings is 1. The Kier molecular flexibility index (Phi) is 3.01. The summed E-state index contributed by atoms with van der Waals surface area (Å²) in [6.45, 7) is 2.66. The molecule has 2 nitrogen and oxygen atoms in total. The zero-order valence-corrected chi connectivity index (χ0v) is 9.50. The molecule has 1 fully saturated rings. The molecular formula is C12H15ClO2. The van der Waals surface area contributed by atoms with Crippen LogP contribution in [0.15, 0.2) is 24.3 Å². The van der Waals surface area contributed by atoms with Gasteiger partial charge in [0.2, 0.25) is 0 Å². The summed E-state index contributed by atoms with van der Waals surface area (Å²) in [6.07, 6.45) is 1.46. The smallest absolute Gasteiger partial charge is 0.0960 e. The third kappa shape index (κ3) is 2.03. The molecule has 1 saturated carbocycles. The molecule has 0 saturated heterocycles. The maximum Gasteiger partial charge on any atom is 0.0960 e. The quantitative estimate of drug-likeness (QED) is 0.859. The van der Waals surface area contributed by atoms with Crippen molar-refractivity contribution < 1.29 is 9.84 Å². The van der Waals surface area contributed by atoms with Crippen molar-refractivity contribution in [3.8, 4) is 0 Å². The van der Waals surface area contributed by atoms with Crippen LogP contribution in [0.4, 0.5) is 0 Å². The zero-order chi connectivity index (χ0) is 10.9. The summed E-state index contributed by atoms with van der Waals surface area (Å²) < 4.78 is 5.43. The number of halogens is 1. The highest BCUT2D eigenvalue weighted by Gasteiger charge is 2.45. The minimum atomic E-state index is -0.780. The van der Waals surface area contributed by atoms with Crippen LogP contribution in [0.3, 0.4) is 0 Å². The molecule has 0 amide bonds. The summed E-state index contributed by atoms with van der Waals surface area (Å²) in [7, 11) is 0. The molecule has 0 bridgehead atoms. The summed E-state index contributed by atoms with van der Waals surface area (Å²) in [5, 5.41) is 10.9. The van der Waals surface area contributed by atoms with Gasteiger partial charge < -0.3 is 9.84 Å². The van der Waals surface area contributed by atoms with E-state index in [0.717, 1.165) is 5.56 Å². The van der Waals surface area contributed by atoms with Gasteiger partial charge in [0, 0.05) is 30.0 Å². The van der Waals surface area contributed by atoms with Gasteiger partial charge in [0.1, 0.15) is 0 Å². The maximum absolute atomic E-state index is 10.3. The molecule has 0 aliphatic heterocycles. The second kappa shape index (κ2) is 4.12. The van der Waals surface area contributed by atoms with Crippen LogP contribution >= 0.6 is 11.6 Å². The minimum Gasteiger partial charge on any atom is -0.385 e. The molecule has 0 aromatic heterocycles. The average Bonchev–Trinajstić information content (AvgIpc) is 2.16. The lowest BCUT2D eigenvalue weighted by atomic mass is 9.73. The van der Waals surface area contributed by atoms with Gasteiger partial charge in [-0.05, 0) is 13.0 Å². The van der Waals surface area contributed by atoms with E-state index in [1.54, 1.807) is 0 Å². The fraction of sp³-hybridized carbons (Fsp3) is 0.500. The Labute approximate surface area is 94.8 Å². The van der Waals surface area contributed by atoms with E-state index < -0.39 is 5.60 Å². The van der Waals surface area contributed by atoms with Crippen molar-refractivity contribution in [1.82, 2.24) is 0 Å². The summed E-state index contributed by atoms with van der Waals surface area (Å²) in [5.74, 6) is 0. The molecular weight excluding hydrogens is 212 g/mol. The first-order chi connectivity index (χ1) is 7.15. The molecule has 2 rings (SSSR count). The van der Waals surface area contributed by atoms with E-state index in [1.165, 1.54) is 0 Å². The third-order valence-corrected chi connectivity index (χ3v) is 3.24. The van der Waals surface area contributed by atoms with Crippen molar-refractivity contribution in [3.63, 3.8) is 0 Å². The molecule has 1 N–H and O–H groups in total. The van der Waals surface area contributed by atoms with E-state index in [4.69, 9.17) is 16.3 Å². The zero-order valence-electron chi connectivity index (χ0n) is 8.74. The molecule has 0 radical (unpaired) electrons. The van der Waals surface area contributed by atoms with Gasteiger partial charge >= 0.3 is 0 Å². The Morgan fingerprint density at radius 1 is 1.47 bits per heavy atom. The molecule has 15 heavy (non-hydrogen) atoms. The van der Waals surface area contributed by atoms with E-state index in [2.05, 4.69) is 0 Å². The Balaban J connectivity index is 2.10. The van der Waals surface area contributed by atoms with E-state index >= 15 is 0 Å². The monoisotopic (exact) mass is 226 g/mol. The molecule has 0 spiro atoms. The van der Waals surface area contributed by atoms with Gasteiger partial charge in [0.15, 0.2) is 0 Å². The van der Waals surface area contributed by atoms with Crippen molar-refractivity contribution in [2.24, 2.45) is 0 Å². The van der Waals surface area contributed by atoms with Gasteiger partial charge in [-0.15, -0.1) is 0 Å². The lowest BCUT2D eigenvalue weighted by Gasteiger charge is -2.43. The lowest BCUT2D eigenvalue weighted by molar-refractivity contribution is -0.142. The summed E-state index contributed by atoms with van der Waals surface area (Å²) in [6, 6.07) is 7.45. The molecule has 3 heteroatoms. The predicted molar refractivity (Wildman–Crippen MR) is 60.0 cm³/mol. The van der Waals surface area contributed by atoms with Crippen molar-refractivity contribution in [3.05, 3.63) is 34.9 Å². The van der Waals surface area contributed by atoms with Gasteiger partial charge in [-0.25, -0.2) is 0 Å². The first-order valence-corrected chi connectivity index (χ1v) is 5.62. The highest BCUT2D eigenvalue weighted by Crippen LogP contribution is 2.45. The van der Waals surface area contributed by atoms with Crippen molar-refractivity contribution in [2.75, 3.05) is 6.61 Å². The van der Waals surface area contributed by atoms with E-state index in [1.807, 2.05) is 31.2 Å². The van der Waals surface area contributed by atoms with E-state index in [0.29, 0.717) is 24.5 Å². The molecule has 0 atom stereocenters. The molecule has 1 aromatic rings. The highest BCUT2D eigenvalue weighted by molar-refractivity contribution is 6.31. The number of aliphatic hydroxyl groups is 1. The van der Waals surface area contributed by atoms with Gasteiger partial charge in [0.25, 0.3) is 0 Å². The minimum absolute atomic E-state index is 0.177. The predicted octanol–water partition coefficient (Wildman–Crippen LogP) is 2.73. The summed E-state index contributed by atoms with van der Waals surface area (Å²) in [5.41, 5.74) is 0.0423. The van der Waals surface area contributed by atoms with Gasteiger partial charge in [-0.1, -0.05) is 29.8 Å². The second-order valence-electron chi connectivity index (χ2n) is 4.00. The van der Waals surface area contributed by atoms with Crippen LogP contribution in [0.1, 0.15) is 25.3 Å².